The van der Waals surface area contributed by atoms with Crippen LogP contribution in [0.4, 0.5) is 5.69 Å². The average Bonchev–Trinajstić information content (AvgIpc) is 3.41. The molecule has 2 aromatic rings. The summed E-state index contributed by atoms with van der Waals surface area (Å²) in [5, 5.41) is 2.41. The first kappa shape index (κ1) is 17.1. The highest BCUT2D eigenvalue weighted by Crippen LogP contribution is 2.48. The second-order valence-corrected chi connectivity index (χ2v) is 8.66. The van der Waals surface area contributed by atoms with Crippen LogP contribution >= 0.6 is 22.9 Å². The first-order valence-corrected chi connectivity index (χ1v) is 10.3. The summed E-state index contributed by atoms with van der Waals surface area (Å²) in [6.07, 6.45) is 1.80. The smallest absolute Gasteiger partial charge is 0.239 e. The molecule has 7 heteroatoms. The van der Waals surface area contributed by atoms with Crippen LogP contribution in [0.1, 0.15) is 22.5 Å². The Morgan fingerprint density at radius 2 is 1.81 bits per heavy atom. The summed E-state index contributed by atoms with van der Waals surface area (Å²) in [5.74, 6) is -1.54. The molecular weight excluding hydrogens is 384 g/mol. The molecule has 138 valence electrons. The Balaban J connectivity index is 1.56. The highest BCUT2D eigenvalue weighted by molar-refractivity contribution is 7.12. The predicted octanol–water partition coefficient (Wildman–Crippen LogP) is 3.24. The maximum Gasteiger partial charge on any atom is 0.239 e. The van der Waals surface area contributed by atoms with Crippen molar-refractivity contribution < 1.29 is 14.4 Å². The van der Waals surface area contributed by atoms with Gasteiger partial charge >= 0.3 is 0 Å². The van der Waals surface area contributed by atoms with E-state index in [1.807, 2.05) is 11.4 Å². The summed E-state index contributed by atoms with van der Waals surface area (Å²) in [5.41, 5.74) is 0.524. The number of anilines is 1. The molecule has 1 aromatic heterocycles. The third kappa shape index (κ3) is 2.43. The summed E-state index contributed by atoms with van der Waals surface area (Å²) in [4.78, 5) is 43.7. The molecule has 4 heterocycles. The zero-order valence-electron chi connectivity index (χ0n) is 14.4. The van der Waals surface area contributed by atoms with Crippen LogP contribution in [-0.2, 0) is 9.59 Å². The molecule has 0 aliphatic carbocycles. The van der Waals surface area contributed by atoms with E-state index >= 15 is 0 Å². The van der Waals surface area contributed by atoms with Crippen molar-refractivity contribution in [2.24, 2.45) is 11.8 Å². The van der Waals surface area contributed by atoms with Gasteiger partial charge in [-0.25, -0.2) is 4.90 Å². The van der Waals surface area contributed by atoms with E-state index < -0.39 is 17.9 Å². The summed E-state index contributed by atoms with van der Waals surface area (Å²) in [6.45, 7) is 0.765. The summed E-state index contributed by atoms with van der Waals surface area (Å²) in [6, 6.07) is 9.76. The van der Waals surface area contributed by atoms with Crippen molar-refractivity contribution >= 4 is 46.2 Å². The van der Waals surface area contributed by atoms with E-state index in [9.17, 15) is 14.4 Å². The fourth-order valence-electron chi connectivity index (χ4n) is 4.92. The van der Waals surface area contributed by atoms with Gasteiger partial charge in [0.25, 0.3) is 0 Å². The topological polar surface area (TPSA) is 57.7 Å². The lowest BCUT2D eigenvalue weighted by molar-refractivity contribution is -0.123. The van der Waals surface area contributed by atoms with Crippen LogP contribution in [0.5, 0.6) is 0 Å². The zero-order valence-corrected chi connectivity index (χ0v) is 15.9. The number of imide groups is 1. The lowest BCUT2D eigenvalue weighted by Crippen LogP contribution is -2.45. The molecule has 2 amide bonds. The van der Waals surface area contributed by atoms with Crippen molar-refractivity contribution in [2.75, 3.05) is 11.4 Å². The summed E-state index contributed by atoms with van der Waals surface area (Å²) in [7, 11) is 0. The van der Waals surface area contributed by atoms with Gasteiger partial charge in [0.05, 0.1) is 28.4 Å². The first-order valence-electron chi connectivity index (χ1n) is 9.05. The van der Waals surface area contributed by atoms with Gasteiger partial charge in [-0.15, -0.1) is 11.3 Å². The molecule has 27 heavy (non-hydrogen) atoms. The lowest BCUT2D eigenvalue weighted by atomic mass is 9.86. The number of hydrogen-bond donors (Lipinski definition) is 0. The van der Waals surface area contributed by atoms with Gasteiger partial charge in [-0.05, 0) is 55.1 Å². The van der Waals surface area contributed by atoms with E-state index in [1.54, 1.807) is 30.3 Å². The van der Waals surface area contributed by atoms with E-state index in [2.05, 4.69) is 4.90 Å². The molecule has 0 radical (unpaired) electrons. The predicted molar refractivity (Wildman–Crippen MR) is 103 cm³/mol. The number of ketones is 1. The van der Waals surface area contributed by atoms with Gasteiger partial charge in [0.2, 0.25) is 11.8 Å². The number of rotatable bonds is 3. The number of carbonyl (C=O) groups excluding carboxylic acids is 3. The number of fused-ring (bicyclic) bond motifs is 3. The fourth-order valence-corrected chi connectivity index (χ4v) is 5.75. The third-order valence-electron chi connectivity index (χ3n) is 5.97. The Hall–Kier alpha value is -2.02. The number of Topliss-reactive ketones (excluding diaryl/α,β-unsaturated/α-hetero) is 1. The molecule has 5 nitrogen and oxygen atoms in total. The van der Waals surface area contributed by atoms with E-state index in [1.165, 1.54) is 16.2 Å². The quantitative estimate of drug-likeness (QED) is 0.586. The molecule has 3 saturated heterocycles. The lowest BCUT2D eigenvalue weighted by Gasteiger charge is -2.27. The molecule has 3 aliphatic heterocycles. The molecule has 1 aromatic carbocycles. The first-order chi connectivity index (χ1) is 13.1. The Bertz CT molecular complexity index is 927. The fraction of sp³-hybridized carbons (Fsp3) is 0.350. The van der Waals surface area contributed by atoms with E-state index in [0.717, 1.165) is 19.4 Å². The molecule has 4 atom stereocenters. The van der Waals surface area contributed by atoms with Crippen LogP contribution in [0.25, 0.3) is 0 Å². The molecular formula is C20H17ClN2O3S. The van der Waals surface area contributed by atoms with Crippen molar-refractivity contribution in [3.63, 3.8) is 0 Å². The number of benzene rings is 1. The molecule has 0 unspecified atom stereocenters. The summed E-state index contributed by atoms with van der Waals surface area (Å²) >= 11 is 7.33. The normalized spacial score (nSPS) is 30.0. The van der Waals surface area contributed by atoms with Crippen molar-refractivity contribution in [3.05, 3.63) is 51.7 Å². The van der Waals surface area contributed by atoms with Crippen molar-refractivity contribution in [2.45, 2.75) is 24.9 Å². The Morgan fingerprint density at radius 3 is 2.52 bits per heavy atom. The Kier molecular flexibility index (Phi) is 3.96. The molecule has 5 rings (SSSR count). The second kappa shape index (κ2) is 6.26. The monoisotopic (exact) mass is 400 g/mol. The van der Waals surface area contributed by atoms with Crippen LogP contribution in [-0.4, -0.2) is 41.1 Å². The van der Waals surface area contributed by atoms with E-state index in [0.29, 0.717) is 15.6 Å². The number of hydrogen-bond acceptors (Lipinski definition) is 5. The second-order valence-electron chi connectivity index (χ2n) is 7.27. The Morgan fingerprint density at radius 1 is 1.07 bits per heavy atom. The van der Waals surface area contributed by atoms with Gasteiger partial charge in [-0.3, -0.25) is 19.3 Å². The highest BCUT2D eigenvalue weighted by Gasteiger charge is 2.64. The molecule has 3 aliphatic rings. The minimum absolute atomic E-state index is 0.0299. The van der Waals surface area contributed by atoms with Crippen LogP contribution in [0.3, 0.4) is 0 Å². The SMILES string of the molecule is O=C(c1cccs1)[C@@H]1[C@H]2C(=O)N(c3ccc(Cl)cc3)C(=O)[C@H]2[C@H]2CCCN21. The van der Waals surface area contributed by atoms with Crippen molar-refractivity contribution in [1.82, 2.24) is 4.90 Å². The standard InChI is InChI=1S/C20H17ClN2O3S/c21-11-5-7-12(8-6-11)23-19(25)15-13-3-1-9-22(13)17(16(15)20(23)26)18(24)14-4-2-10-27-14/h2,4-8,10,13,15-17H,1,3,9H2/t13-,15+,16+,17+/m1/s1. The maximum atomic E-state index is 13.3. The van der Waals surface area contributed by atoms with Crippen LogP contribution in [0.2, 0.25) is 5.02 Å². The molecule has 0 N–H and O–H groups in total. The van der Waals surface area contributed by atoms with Gasteiger partial charge in [0.1, 0.15) is 0 Å². The van der Waals surface area contributed by atoms with Gasteiger partial charge in [-0.1, -0.05) is 17.7 Å². The number of halogens is 1. The minimum Gasteiger partial charge on any atom is -0.291 e. The van der Waals surface area contributed by atoms with Gasteiger partial charge in [0.15, 0.2) is 5.78 Å². The molecule has 0 spiro atoms. The third-order valence-corrected chi connectivity index (χ3v) is 7.11. The van der Waals surface area contributed by atoms with Crippen LogP contribution in [0.15, 0.2) is 41.8 Å². The number of carbonyl (C=O) groups is 3. The maximum absolute atomic E-state index is 13.3. The Labute approximate surface area is 165 Å². The van der Waals surface area contributed by atoms with Gasteiger partial charge < -0.3 is 0 Å². The average molecular weight is 401 g/mol. The van der Waals surface area contributed by atoms with Crippen molar-refractivity contribution in [3.8, 4) is 0 Å². The highest BCUT2D eigenvalue weighted by atomic mass is 35.5. The van der Waals surface area contributed by atoms with Gasteiger partial charge in [-0.2, -0.15) is 0 Å². The van der Waals surface area contributed by atoms with Crippen LogP contribution in [0, 0.1) is 11.8 Å². The van der Waals surface area contributed by atoms with Crippen LogP contribution < -0.4 is 4.90 Å². The van der Waals surface area contributed by atoms with E-state index in [-0.39, 0.29) is 23.6 Å². The van der Waals surface area contributed by atoms with E-state index in [4.69, 9.17) is 11.6 Å². The molecule has 0 bridgehead atoms. The number of amides is 2. The number of nitrogens with zero attached hydrogens (tertiary/aromatic N) is 2. The number of thiophene rings is 1. The summed E-state index contributed by atoms with van der Waals surface area (Å²) < 4.78 is 0. The minimum atomic E-state index is -0.604. The molecule has 3 fully saturated rings. The van der Waals surface area contributed by atoms with Gasteiger partial charge in [0, 0.05) is 11.1 Å². The van der Waals surface area contributed by atoms with Crippen molar-refractivity contribution in [1.29, 1.82) is 0 Å². The zero-order chi connectivity index (χ0) is 18.7. The largest absolute Gasteiger partial charge is 0.291 e. The molecule has 0 saturated carbocycles.